The summed E-state index contributed by atoms with van der Waals surface area (Å²) >= 11 is 0. The zero-order chi connectivity index (χ0) is 12.8. The Morgan fingerprint density at radius 2 is 1.82 bits per heavy atom. The zero-order valence-corrected chi connectivity index (χ0v) is 11.7. The monoisotopic (exact) mass is 230 g/mol. The molecular weight excluding hydrogens is 208 g/mol. The van der Waals surface area contributed by atoms with Crippen molar-refractivity contribution in [2.24, 2.45) is 0 Å². The lowest BCUT2D eigenvalue weighted by atomic mass is 9.82. The van der Waals surface area contributed by atoms with Gasteiger partial charge in [0.2, 0.25) is 0 Å². The molecule has 1 aromatic heterocycles. The summed E-state index contributed by atoms with van der Waals surface area (Å²) in [5.74, 6) is 0. The minimum absolute atomic E-state index is 0.149. The standard InChI is InChI=1S/C15H22N2/c1-10(2)17-14-12(9-16-17)8-7-11(3)13(14)15(4,5)6/h7-10H,1-6H3. The van der Waals surface area contributed by atoms with Crippen LogP contribution < -0.4 is 0 Å². The minimum atomic E-state index is 0.149. The van der Waals surface area contributed by atoms with Crippen LogP contribution >= 0.6 is 0 Å². The Morgan fingerprint density at radius 3 is 2.35 bits per heavy atom. The second kappa shape index (κ2) is 3.86. The molecule has 1 heterocycles. The van der Waals surface area contributed by atoms with Crippen molar-refractivity contribution in [1.82, 2.24) is 9.78 Å². The molecule has 0 saturated carbocycles. The van der Waals surface area contributed by atoms with Crippen molar-refractivity contribution in [2.45, 2.75) is 53.0 Å². The number of fused-ring (bicyclic) bond motifs is 1. The van der Waals surface area contributed by atoms with E-state index in [4.69, 9.17) is 0 Å². The molecule has 1 aromatic carbocycles. The van der Waals surface area contributed by atoms with E-state index in [1.165, 1.54) is 22.0 Å². The highest BCUT2D eigenvalue weighted by Gasteiger charge is 2.22. The summed E-state index contributed by atoms with van der Waals surface area (Å²) in [6.45, 7) is 13.4. The molecule has 17 heavy (non-hydrogen) atoms. The highest BCUT2D eigenvalue weighted by molar-refractivity contribution is 5.84. The summed E-state index contributed by atoms with van der Waals surface area (Å²) in [7, 11) is 0. The average molecular weight is 230 g/mol. The van der Waals surface area contributed by atoms with Crippen molar-refractivity contribution >= 4 is 10.9 Å². The van der Waals surface area contributed by atoms with E-state index < -0.39 is 0 Å². The molecule has 0 saturated heterocycles. The van der Waals surface area contributed by atoms with Crippen LogP contribution in [0, 0.1) is 6.92 Å². The molecule has 0 aliphatic rings. The molecule has 2 aromatic rings. The van der Waals surface area contributed by atoms with Gasteiger partial charge in [0.25, 0.3) is 0 Å². The lowest BCUT2D eigenvalue weighted by Gasteiger charge is -2.24. The normalized spacial score (nSPS) is 12.6. The van der Waals surface area contributed by atoms with Gasteiger partial charge in [-0.3, -0.25) is 4.68 Å². The third-order valence-electron chi connectivity index (χ3n) is 3.21. The second-order valence-electron chi connectivity index (χ2n) is 6.13. The Kier molecular flexibility index (Phi) is 2.76. The van der Waals surface area contributed by atoms with Gasteiger partial charge in [-0.1, -0.05) is 32.9 Å². The third kappa shape index (κ3) is 1.97. The van der Waals surface area contributed by atoms with Gasteiger partial charge in [-0.05, 0) is 37.3 Å². The Balaban J connectivity index is 2.87. The van der Waals surface area contributed by atoms with Crippen molar-refractivity contribution in [3.05, 3.63) is 29.5 Å². The predicted octanol–water partition coefficient (Wildman–Crippen LogP) is 4.22. The topological polar surface area (TPSA) is 17.8 Å². The molecule has 2 heteroatoms. The molecule has 0 aliphatic carbocycles. The van der Waals surface area contributed by atoms with Gasteiger partial charge in [-0.2, -0.15) is 5.10 Å². The minimum Gasteiger partial charge on any atom is -0.262 e. The smallest absolute Gasteiger partial charge is 0.0725 e. The summed E-state index contributed by atoms with van der Waals surface area (Å²) in [4.78, 5) is 0. The van der Waals surface area contributed by atoms with Crippen LogP contribution in [0.25, 0.3) is 10.9 Å². The van der Waals surface area contributed by atoms with E-state index in [-0.39, 0.29) is 5.41 Å². The molecule has 0 atom stereocenters. The summed E-state index contributed by atoms with van der Waals surface area (Å²) < 4.78 is 2.14. The number of benzene rings is 1. The first kappa shape index (κ1) is 12.2. The van der Waals surface area contributed by atoms with E-state index in [2.05, 4.69) is 63.5 Å². The predicted molar refractivity (Wildman–Crippen MR) is 73.6 cm³/mol. The largest absolute Gasteiger partial charge is 0.262 e. The molecule has 0 unspecified atom stereocenters. The molecule has 2 nitrogen and oxygen atoms in total. The number of hydrogen-bond donors (Lipinski definition) is 0. The molecule has 0 amide bonds. The molecule has 92 valence electrons. The van der Waals surface area contributed by atoms with Gasteiger partial charge < -0.3 is 0 Å². The fourth-order valence-corrected chi connectivity index (χ4v) is 2.58. The molecule has 0 bridgehead atoms. The van der Waals surface area contributed by atoms with Gasteiger partial charge >= 0.3 is 0 Å². The lowest BCUT2D eigenvalue weighted by Crippen LogP contribution is -2.16. The Labute approximate surface area is 104 Å². The number of rotatable bonds is 1. The van der Waals surface area contributed by atoms with Gasteiger partial charge in [0.05, 0.1) is 11.7 Å². The van der Waals surface area contributed by atoms with Crippen LogP contribution in [-0.4, -0.2) is 9.78 Å². The maximum Gasteiger partial charge on any atom is 0.0725 e. The van der Waals surface area contributed by atoms with Gasteiger partial charge in [0.1, 0.15) is 0 Å². The lowest BCUT2D eigenvalue weighted by molar-refractivity contribution is 0.536. The molecular formula is C15H22N2. The van der Waals surface area contributed by atoms with Crippen LogP contribution in [0.4, 0.5) is 0 Å². The van der Waals surface area contributed by atoms with Gasteiger partial charge in [0, 0.05) is 11.4 Å². The summed E-state index contributed by atoms with van der Waals surface area (Å²) in [5.41, 5.74) is 4.22. The average Bonchev–Trinajstić information content (AvgIpc) is 2.58. The Hall–Kier alpha value is -1.31. The van der Waals surface area contributed by atoms with Crippen LogP contribution in [0.15, 0.2) is 18.3 Å². The quantitative estimate of drug-likeness (QED) is 0.717. The van der Waals surface area contributed by atoms with Crippen LogP contribution in [0.2, 0.25) is 0 Å². The van der Waals surface area contributed by atoms with E-state index in [1.807, 2.05) is 6.20 Å². The summed E-state index contributed by atoms with van der Waals surface area (Å²) in [6.07, 6.45) is 1.98. The highest BCUT2D eigenvalue weighted by atomic mass is 15.3. The number of hydrogen-bond acceptors (Lipinski definition) is 1. The van der Waals surface area contributed by atoms with Crippen molar-refractivity contribution < 1.29 is 0 Å². The number of aromatic nitrogens is 2. The van der Waals surface area contributed by atoms with E-state index >= 15 is 0 Å². The molecule has 0 spiro atoms. The first-order valence-electron chi connectivity index (χ1n) is 6.29. The number of aryl methyl sites for hydroxylation is 1. The molecule has 0 fully saturated rings. The zero-order valence-electron chi connectivity index (χ0n) is 11.7. The van der Waals surface area contributed by atoms with Gasteiger partial charge in [-0.15, -0.1) is 0 Å². The SMILES string of the molecule is Cc1ccc2cnn(C(C)C)c2c1C(C)(C)C. The van der Waals surface area contributed by atoms with E-state index in [0.717, 1.165) is 0 Å². The Morgan fingerprint density at radius 1 is 1.18 bits per heavy atom. The highest BCUT2D eigenvalue weighted by Crippen LogP contribution is 2.33. The van der Waals surface area contributed by atoms with Crippen molar-refractivity contribution in [3.63, 3.8) is 0 Å². The van der Waals surface area contributed by atoms with Gasteiger partial charge in [0.15, 0.2) is 0 Å². The maximum absolute atomic E-state index is 4.53. The summed E-state index contributed by atoms with van der Waals surface area (Å²) in [6, 6.07) is 4.77. The maximum atomic E-state index is 4.53. The molecule has 2 rings (SSSR count). The Bertz CT molecular complexity index is 542. The first-order valence-corrected chi connectivity index (χ1v) is 6.29. The number of nitrogens with zero attached hydrogens (tertiary/aromatic N) is 2. The van der Waals surface area contributed by atoms with Gasteiger partial charge in [-0.25, -0.2) is 0 Å². The van der Waals surface area contributed by atoms with E-state index in [9.17, 15) is 0 Å². The van der Waals surface area contributed by atoms with Crippen molar-refractivity contribution in [2.75, 3.05) is 0 Å². The van der Waals surface area contributed by atoms with Crippen molar-refractivity contribution in [1.29, 1.82) is 0 Å². The van der Waals surface area contributed by atoms with Crippen LogP contribution in [0.3, 0.4) is 0 Å². The first-order chi connectivity index (χ1) is 7.82. The van der Waals surface area contributed by atoms with E-state index in [1.54, 1.807) is 0 Å². The molecule has 0 N–H and O–H groups in total. The summed E-state index contributed by atoms with van der Waals surface area (Å²) in [5, 5.41) is 5.77. The van der Waals surface area contributed by atoms with Crippen LogP contribution in [0.1, 0.15) is 51.8 Å². The van der Waals surface area contributed by atoms with Crippen molar-refractivity contribution in [3.8, 4) is 0 Å². The fourth-order valence-electron chi connectivity index (χ4n) is 2.58. The van der Waals surface area contributed by atoms with Crippen LogP contribution in [-0.2, 0) is 5.41 Å². The second-order valence-corrected chi connectivity index (χ2v) is 6.13. The molecule has 0 aliphatic heterocycles. The van der Waals surface area contributed by atoms with E-state index in [0.29, 0.717) is 6.04 Å². The molecule has 0 radical (unpaired) electrons. The fraction of sp³-hybridized carbons (Fsp3) is 0.533. The van der Waals surface area contributed by atoms with Crippen LogP contribution in [0.5, 0.6) is 0 Å². The third-order valence-corrected chi connectivity index (χ3v) is 3.21.